The van der Waals surface area contributed by atoms with Gasteiger partial charge in [0.05, 0.1) is 0 Å². The standard InChI is InChI=1S/C16H22N4O/c1-19(13-8-9-13)16(17)18-11-15(21)20-10-4-6-12-5-2-3-7-14(12)20/h2-3,5,7,13H,4,6,8-11H2,1H3,(H2,17,18). The maximum absolute atomic E-state index is 12.4. The highest BCUT2D eigenvalue weighted by Gasteiger charge is 2.27. The smallest absolute Gasteiger partial charge is 0.248 e. The summed E-state index contributed by atoms with van der Waals surface area (Å²) < 4.78 is 0. The van der Waals surface area contributed by atoms with Gasteiger partial charge in [0.15, 0.2) is 5.96 Å². The number of anilines is 1. The van der Waals surface area contributed by atoms with Crippen LogP contribution in [-0.4, -0.2) is 42.9 Å². The molecule has 0 saturated heterocycles. The molecule has 21 heavy (non-hydrogen) atoms. The first kappa shape index (κ1) is 13.9. The molecule has 5 nitrogen and oxygen atoms in total. The molecule has 0 atom stereocenters. The van der Waals surface area contributed by atoms with Gasteiger partial charge in [-0.1, -0.05) is 18.2 Å². The second-order valence-corrected chi connectivity index (χ2v) is 5.79. The van der Waals surface area contributed by atoms with Gasteiger partial charge >= 0.3 is 0 Å². The van der Waals surface area contributed by atoms with Crippen LogP contribution in [0.2, 0.25) is 0 Å². The van der Waals surface area contributed by atoms with E-state index in [2.05, 4.69) is 11.1 Å². The Hall–Kier alpha value is -2.04. The van der Waals surface area contributed by atoms with Crippen LogP contribution in [0.1, 0.15) is 24.8 Å². The zero-order valence-electron chi connectivity index (χ0n) is 12.5. The average molecular weight is 286 g/mol. The fraction of sp³-hybridized carbons (Fsp3) is 0.500. The maximum Gasteiger partial charge on any atom is 0.248 e. The topological polar surface area (TPSA) is 61.9 Å². The first-order valence-electron chi connectivity index (χ1n) is 7.58. The van der Waals surface area contributed by atoms with Gasteiger partial charge in [-0.15, -0.1) is 0 Å². The molecule has 2 N–H and O–H groups in total. The number of hydrogen-bond donors (Lipinski definition) is 1. The van der Waals surface area contributed by atoms with Crippen LogP contribution in [0, 0.1) is 0 Å². The van der Waals surface area contributed by atoms with Crippen LogP contribution in [0.3, 0.4) is 0 Å². The molecule has 112 valence electrons. The Labute approximate surface area is 125 Å². The van der Waals surface area contributed by atoms with E-state index in [-0.39, 0.29) is 12.5 Å². The van der Waals surface area contributed by atoms with E-state index in [1.165, 1.54) is 18.4 Å². The van der Waals surface area contributed by atoms with E-state index in [1.807, 2.05) is 35.0 Å². The molecule has 0 radical (unpaired) electrons. The lowest BCUT2D eigenvalue weighted by Gasteiger charge is -2.29. The highest BCUT2D eigenvalue weighted by Crippen LogP contribution is 2.27. The Morgan fingerprint density at radius 2 is 2.19 bits per heavy atom. The molecule has 1 fully saturated rings. The summed E-state index contributed by atoms with van der Waals surface area (Å²) in [6, 6.07) is 8.61. The zero-order valence-corrected chi connectivity index (χ0v) is 12.5. The molecular weight excluding hydrogens is 264 g/mol. The first-order valence-corrected chi connectivity index (χ1v) is 7.58. The van der Waals surface area contributed by atoms with Crippen LogP contribution in [-0.2, 0) is 11.2 Å². The van der Waals surface area contributed by atoms with Gasteiger partial charge in [0.2, 0.25) is 5.91 Å². The van der Waals surface area contributed by atoms with E-state index in [0.29, 0.717) is 12.0 Å². The highest BCUT2D eigenvalue weighted by atomic mass is 16.2. The van der Waals surface area contributed by atoms with Crippen LogP contribution >= 0.6 is 0 Å². The predicted octanol–water partition coefficient (Wildman–Crippen LogP) is 1.37. The highest BCUT2D eigenvalue weighted by molar-refractivity contribution is 5.97. The van der Waals surface area contributed by atoms with Crippen molar-refractivity contribution in [2.24, 2.45) is 10.7 Å². The van der Waals surface area contributed by atoms with Gasteiger partial charge in [0, 0.05) is 25.3 Å². The number of carbonyl (C=O) groups is 1. The van der Waals surface area contributed by atoms with E-state index in [9.17, 15) is 4.79 Å². The second-order valence-electron chi connectivity index (χ2n) is 5.79. The van der Waals surface area contributed by atoms with Crippen LogP contribution in [0.25, 0.3) is 0 Å². The number of para-hydroxylation sites is 1. The number of hydrogen-bond acceptors (Lipinski definition) is 2. The average Bonchev–Trinajstić information content (AvgIpc) is 3.35. The van der Waals surface area contributed by atoms with Gasteiger partial charge in [-0.2, -0.15) is 0 Å². The minimum Gasteiger partial charge on any atom is -0.370 e. The molecule has 1 saturated carbocycles. The van der Waals surface area contributed by atoms with Gasteiger partial charge in [0.1, 0.15) is 6.54 Å². The number of aliphatic imine (C=N–C) groups is 1. The van der Waals surface area contributed by atoms with E-state index in [0.717, 1.165) is 25.1 Å². The Morgan fingerprint density at radius 3 is 2.95 bits per heavy atom. The minimum atomic E-state index is 0.0225. The van der Waals surface area contributed by atoms with E-state index >= 15 is 0 Å². The number of nitrogens with two attached hydrogens (primary N) is 1. The van der Waals surface area contributed by atoms with Gasteiger partial charge in [-0.25, -0.2) is 4.99 Å². The number of guanidine groups is 1. The van der Waals surface area contributed by atoms with Crippen molar-refractivity contribution in [2.75, 3.05) is 25.0 Å². The Kier molecular flexibility index (Phi) is 3.82. The van der Waals surface area contributed by atoms with Crippen molar-refractivity contribution in [2.45, 2.75) is 31.7 Å². The third-order valence-corrected chi connectivity index (χ3v) is 4.24. The van der Waals surface area contributed by atoms with E-state index in [1.54, 1.807) is 0 Å². The van der Waals surface area contributed by atoms with Gasteiger partial charge in [-0.3, -0.25) is 4.79 Å². The minimum absolute atomic E-state index is 0.0225. The first-order chi connectivity index (χ1) is 10.2. The van der Waals surface area contributed by atoms with Crippen molar-refractivity contribution in [3.63, 3.8) is 0 Å². The van der Waals surface area contributed by atoms with E-state index in [4.69, 9.17) is 5.73 Å². The number of nitrogens with zero attached hydrogens (tertiary/aromatic N) is 3. The summed E-state index contributed by atoms with van der Waals surface area (Å²) in [6.45, 7) is 0.890. The van der Waals surface area contributed by atoms with Crippen LogP contribution in [0.5, 0.6) is 0 Å². The Morgan fingerprint density at radius 1 is 1.43 bits per heavy atom. The number of aryl methyl sites for hydroxylation is 1. The monoisotopic (exact) mass is 286 g/mol. The molecule has 1 heterocycles. The normalized spacial score (nSPS) is 18.3. The van der Waals surface area contributed by atoms with Crippen molar-refractivity contribution < 1.29 is 4.79 Å². The van der Waals surface area contributed by atoms with Crippen molar-refractivity contribution in [3.05, 3.63) is 29.8 Å². The Balaban J connectivity index is 1.67. The summed E-state index contributed by atoms with van der Waals surface area (Å²) in [5.41, 5.74) is 8.20. The summed E-state index contributed by atoms with van der Waals surface area (Å²) in [7, 11) is 1.94. The summed E-state index contributed by atoms with van der Waals surface area (Å²) in [5.74, 6) is 0.491. The predicted molar refractivity (Wildman–Crippen MR) is 84.4 cm³/mol. The van der Waals surface area contributed by atoms with Crippen molar-refractivity contribution in [1.82, 2.24) is 4.90 Å². The number of amides is 1. The van der Waals surface area contributed by atoms with Gasteiger partial charge in [-0.05, 0) is 37.3 Å². The van der Waals surface area contributed by atoms with E-state index < -0.39 is 0 Å². The summed E-state index contributed by atoms with van der Waals surface area (Å²) >= 11 is 0. The van der Waals surface area contributed by atoms with Gasteiger partial charge in [0.25, 0.3) is 0 Å². The SMILES string of the molecule is CN(C(N)=NCC(=O)N1CCCc2ccccc21)C1CC1. The molecule has 0 unspecified atom stereocenters. The molecule has 1 amide bonds. The molecule has 5 heteroatoms. The molecule has 3 rings (SSSR count). The summed E-state index contributed by atoms with van der Waals surface area (Å²) in [5, 5.41) is 0. The third kappa shape index (κ3) is 3.01. The largest absolute Gasteiger partial charge is 0.370 e. The molecule has 1 aromatic rings. The lowest BCUT2D eigenvalue weighted by Crippen LogP contribution is -2.39. The maximum atomic E-state index is 12.4. The summed E-state index contributed by atoms with van der Waals surface area (Å²) in [4.78, 5) is 20.5. The molecule has 0 bridgehead atoms. The number of rotatable bonds is 3. The fourth-order valence-electron chi connectivity index (χ4n) is 2.79. The lowest BCUT2D eigenvalue weighted by atomic mass is 10.0. The van der Waals surface area contributed by atoms with Crippen LogP contribution < -0.4 is 10.6 Å². The zero-order chi connectivity index (χ0) is 14.8. The van der Waals surface area contributed by atoms with Crippen LogP contribution in [0.4, 0.5) is 5.69 Å². The summed E-state index contributed by atoms with van der Waals surface area (Å²) in [6.07, 6.45) is 4.38. The third-order valence-electron chi connectivity index (χ3n) is 4.24. The molecule has 0 spiro atoms. The molecule has 0 aromatic heterocycles. The van der Waals surface area contributed by atoms with Crippen molar-refractivity contribution >= 4 is 17.6 Å². The van der Waals surface area contributed by atoms with Gasteiger partial charge < -0.3 is 15.5 Å². The van der Waals surface area contributed by atoms with Crippen molar-refractivity contribution in [1.29, 1.82) is 0 Å². The lowest BCUT2D eigenvalue weighted by molar-refractivity contribution is -0.117. The quantitative estimate of drug-likeness (QED) is 0.674. The number of carbonyl (C=O) groups excluding carboxylic acids is 1. The van der Waals surface area contributed by atoms with Crippen LogP contribution in [0.15, 0.2) is 29.3 Å². The second kappa shape index (κ2) is 5.76. The molecule has 1 aliphatic carbocycles. The molecule has 1 aromatic carbocycles. The number of benzene rings is 1. The Bertz CT molecular complexity index is 565. The molecular formula is C16H22N4O. The van der Waals surface area contributed by atoms with Crippen molar-refractivity contribution in [3.8, 4) is 0 Å². The number of fused-ring (bicyclic) bond motifs is 1. The molecule has 1 aliphatic heterocycles. The fourth-order valence-corrected chi connectivity index (χ4v) is 2.79. The molecule has 2 aliphatic rings.